The number of hydrogen-bond acceptors (Lipinski definition) is 3. The first-order valence-corrected chi connectivity index (χ1v) is 9.49. The summed E-state index contributed by atoms with van der Waals surface area (Å²) in [6.07, 6.45) is 14.9. The first-order valence-electron chi connectivity index (χ1n) is 9.49. The predicted octanol–water partition coefficient (Wildman–Crippen LogP) is 5.59. The number of methoxy groups -OCH3 is 3. The topological polar surface area (TPSA) is 27.7 Å². The van der Waals surface area contributed by atoms with Crippen LogP contribution in [0.15, 0.2) is 6.07 Å². The van der Waals surface area contributed by atoms with Gasteiger partial charge in [0.1, 0.15) is 0 Å². The van der Waals surface area contributed by atoms with Crippen molar-refractivity contribution in [3.8, 4) is 17.2 Å². The first-order chi connectivity index (χ1) is 11.8. The Morgan fingerprint density at radius 1 is 0.875 bits per heavy atom. The molecule has 0 aliphatic heterocycles. The molecule has 1 aromatic rings. The molecule has 1 saturated carbocycles. The van der Waals surface area contributed by atoms with Crippen LogP contribution in [0.2, 0.25) is 0 Å². The van der Waals surface area contributed by atoms with Gasteiger partial charge in [0.15, 0.2) is 11.5 Å². The maximum absolute atomic E-state index is 5.53. The Balaban J connectivity index is 1.73. The van der Waals surface area contributed by atoms with E-state index in [1.165, 1.54) is 64.2 Å². The van der Waals surface area contributed by atoms with Gasteiger partial charge in [-0.1, -0.05) is 57.8 Å². The van der Waals surface area contributed by atoms with Crippen molar-refractivity contribution in [3.63, 3.8) is 0 Å². The highest BCUT2D eigenvalue weighted by Crippen LogP contribution is 2.40. The lowest BCUT2D eigenvalue weighted by atomic mass is 9.85. The summed E-state index contributed by atoms with van der Waals surface area (Å²) in [5.41, 5.74) is 1.09. The van der Waals surface area contributed by atoms with Gasteiger partial charge in [-0.2, -0.15) is 0 Å². The van der Waals surface area contributed by atoms with Crippen molar-refractivity contribution in [1.82, 2.24) is 0 Å². The van der Waals surface area contributed by atoms with E-state index in [9.17, 15) is 0 Å². The molecule has 0 aromatic heterocycles. The molecule has 1 aliphatic carbocycles. The zero-order chi connectivity index (χ0) is 17.2. The van der Waals surface area contributed by atoms with Gasteiger partial charge in [0.05, 0.1) is 21.3 Å². The van der Waals surface area contributed by atoms with Crippen molar-refractivity contribution >= 4 is 0 Å². The number of ether oxygens (including phenoxy) is 3. The fourth-order valence-corrected chi connectivity index (χ4v) is 3.84. The predicted molar refractivity (Wildman–Crippen MR) is 98.3 cm³/mol. The van der Waals surface area contributed by atoms with Gasteiger partial charge in [-0.15, -0.1) is 0 Å². The lowest BCUT2D eigenvalue weighted by molar-refractivity contribution is 0.321. The second-order valence-electron chi connectivity index (χ2n) is 6.86. The van der Waals surface area contributed by atoms with E-state index >= 15 is 0 Å². The van der Waals surface area contributed by atoms with E-state index in [-0.39, 0.29) is 0 Å². The standard InChI is InChI=1S/C21H33O3/c1-22-19-16-15-18(20(23-2)21(19)24-3)14-10-5-4-7-11-17-12-8-6-9-13-17/h16-17H,4-14H2,1-3H3. The van der Waals surface area contributed by atoms with Crippen LogP contribution in [0.4, 0.5) is 0 Å². The van der Waals surface area contributed by atoms with Gasteiger partial charge in [0.25, 0.3) is 0 Å². The van der Waals surface area contributed by atoms with E-state index in [4.69, 9.17) is 14.2 Å². The van der Waals surface area contributed by atoms with Crippen molar-refractivity contribution in [2.75, 3.05) is 21.3 Å². The quantitative estimate of drug-likeness (QED) is 0.523. The summed E-state index contributed by atoms with van der Waals surface area (Å²) in [4.78, 5) is 0. The van der Waals surface area contributed by atoms with Gasteiger partial charge in [-0.25, -0.2) is 0 Å². The van der Waals surface area contributed by atoms with Gasteiger partial charge in [-0.05, 0) is 30.9 Å². The summed E-state index contributed by atoms with van der Waals surface area (Å²) in [7, 11) is 4.96. The smallest absolute Gasteiger partial charge is 0.203 e. The van der Waals surface area contributed by atoms with Crippen molar-refractivity contribution in [2.24, 2.45) is 5.92 Å². The van der Waals surface area contributed by atoms with Crippen LogP contribution in [0.5, 0.6) is 17.2 Å². The number of unbranched alkanes of at least 4 members (excludes halogenated alkanes) is 3. The normalized spacial score (nSPS) is 15.3. The molecule has 0 saturated heterocycles. The van der Waals surface area contributed by atoms with Crippen molar-refractivity contribution < 1.29 is 14.2 Å². The van der Waals surface area contributed by atoms with Crippen LogP contribution < -0.4 is 14.2 Å². The molecule has 0 atom stereocenters. The highest BCUT2D eigenvalue weighted by atomic mass is 16.5. The van der Waals surface area contributed by atoms with E-state index in [0.717, 1.165) is 23.7 Å². The van der Waals surface area contributed by atoms with Crippen LogP contribution in [0.1, 0.15) is 69.8 Å². The minimum absolute atomic E-state index is 0.672. The van der Waals surface area contributed by atoms with Crippen LogP contribution in [0, 0.1) is 12.0 Å². The zero-order valence-electron chi connectivity index (χ0n) is 15.7. The third-order valence-electron chi connectivity index (χ3n) is 5.22. The van der Waals surface area contributed by atoms with E-state index in [0.29, 0.717) is 11.5 Å². The lowest BCUT2D eigenvalue weighted by Crippen LogP contribution is -2.05. The summed E-state index contributed by atoms with van der Waals surface area (Å²) in [6.45, 7) is 0. The molecule has 1 radical (unpaired) electrons. The monoisotopic (exact) mass is 333 g/mol. The van der Waals surface area contributed by atoms with Gasteiger partial charge in [-0.3, -0.25) is 0 Å². The van der Waals surface area contributed by atoms with E-state index in [1.54, 1.807) is 21.3 Å². The zero-order valence-corrected chi connectivity index (χ0v) is 15.7. The maximum Gasteiger partial charge on any atom is 0.203 e. The molecular weight excluding hydrogens is 300 g/mol. The number of rotatable bonds is 10. The van der Waals surface area contributed by atoms with Crippen LogP contribution in [0.3, 0.4) is 0 Å². The highest BCUT2D eigenvalue weighted by molar-refractivity contribution is 5.55. The van der Waals surface area contributed by atoms with Gasteiger partial charge >= 0.3 is 0 Å². The molecule has 1 fully saturated rings. The Labute approximate surface area is 147 Å². The Kier molecular flexibility index (Phi) is 8.27. The van der Waals surface area contributed by atoms with Crippen molar-refractivity contribution in [3.05, 3.63) is 17.7 Å². The van der Waals surface area contributed by atoms with Crippen LogP contribution in [-0.4, -0.2) is 21.3 Å². The van der Waals surface area contributed by atoms with E-state index < -0.39 is 0 Å². The van der Waals surface area contributed by atoms with Crippen molar-refractivity contribution in [1.29, 1.82) is 0 Å². The van der Waals surface area contributed by atoms with Gasteiger partial charge < -0.3 is 14.2 Å². The average molecular weight is 333 g/mol. The third kappa shape index (κ3) is 5.32. The highest BCUT2D eigenvalue weighted by Gasteiger charge is 2.16. The third-order valence-corrected chi connectivity index (χ3v) is 5.22. The molecule has 135 valence electrons. The molecule has 2 rings (SSSR count). The average Bonchev–Trinajstić information content (AvgIpc) is 2.64. The second-order valence-corrected chi connectivity index (χ2v) is 6.86. The molecular formula is C21H33O3. The van der Waals surface area contributed by atoms with Gasteiger partial charge in [0, 0.05) is 5.56 Å². The van der Waals surface area contributed by atoms with Crippen LogP contribution in [-0.2, 0) is 6.42 Å². The summed E-state index contributed by atoms with van der Waals surface area (Å²) in [5.74, 6) is 3.12. The number of aryl methyl sites for hydroxylation is 1. The molecule has 0 heterocycles. The van der Waals surface area contributed by atoms with E-state index in [1.807, 2.05) is 6.07 Å². The minimum atomic E-state index is 0.672. The molecule has 24 heavy (non-hydrogen) atoms. The summed E-state index contributed by atoms with van der Waals surface area (Å²) >= 11 is 0. The Hall–Kier alpha value is -1.38. The molecule has 0 amide bonds. The maximum atomic E-state index is 5.53. The largest absolute Gasteiger partial charge is 0.493 e. The summed E-state index contributed by atoms with van der Waals surface area (Å²) in [5, 5.41) is 0. The molecule has 0 spiro atoms. The van der Waals surface area contributed by atoms with Crippen LogP contribution in [0.25, 0.3) is 0 Å². The fourth-order valence-electron chi connectivity index (χ4n) is 3.84. The Morgan fingerprint density at radius 2 is 1.58 bits per heavy atom. The number of hydrogen-bond donors (Lipinski definition) is 0. The first kappa shape index (κ1) is 19.0. The second kappa shape index (κ2) is 10.5. The molecule has 3 nitrogen and oxygen atoms in total. The summed E-state index contributed by atoms with van der Waals surface area (Å²) < 4.78 is 16.3. The van der Waals surface area contributed by atoms with E-state index in [2.05, 4.69) is 6.07 Å². The Morgan fingerprint density at radius 3 is 2.25 bits per heavy atom. The molecule has 1 aromatic carbocycles. The lowest BCUT2D eigenvalue weighted by Gasteiger charge is -2.21. The SMILES string of the molecule is COc1c[c]c(CCCCCCC2CCCCC2)c(OC)c1OC. The molecule has 0 N–H and O–H groups in total. The molecule has 0 unspecified atom stereocenters. The van der Waals surface area contributed by atoms with Crippen LogP contribution >= 0.6 is 0 Å². The Bertz CT molecular complexity index is 478. The molecule has 0 bridgehead atoms. The molecule has 1 aliphatic rings. The molecule has 3 heteroatoms. The van der Waals surface area contributed by atoms with Gasteiger partial charge in [0.2, 0.25) is 5.75 Å². The minimum Gasteiger partial charge on any atom is -0.493 e. The summed E-state index contributed by atoms with van der Waals surface area (Å²) in [6, 6.07) is 5.14. The fraction of sp³-hybridized carbons (Fsp3) is 0.714. The van der Waals surface area contributed by atoms with Crippen molar-refractivity contribution in [2.45, 2.75) is 70.6 Å². The number of benzene rings is 1.